The van der Waals surface area contributed by atoms with Crippen molar-refractivity contribution in [2.75, 3.05) is 39.3 Å². The van der Waals surface area contributed by atoms with E-state index in [0.29, 0.717) is 49.7 Å². The minimum atomic E-state index is -3.48. The molecule has 218 valence electrons. The molecule has 3 aromatic carbocycles. The molecule has 8 heteroatoms. The van der Waals surface area contributed by atoms with Gasteiger partial charge in [0.05, 0.1) is 4.90 Å². The average Bonchev–Trinajstić information content (AvgIpc) is 2.98. The van der Waals surface area contributed by atoms with Gasteiger partial charge in [0.15, 0.2) is 0 Å². The molecular weight excluding hydrogens is 532 g/mol. The standard InChI is InChI=1S/C33H42N4O3S/c1-26-9-11-32(12-10-26)41(39,40)37-19-17-36(18-20-37)25-30-7-4-8-31(22-30)33(38)34-23-28-5-3-6-29(21-28)24-35-15-13-27(2)14-16-35/h3-12,21-22,27H,13-20,23-25H2,1-2H3,(H,34,38). The Kier molecular flexibility index (Phi) is 9.55. The van der Waals surface area contributed by atoms with Crippen LogP contribution < -0.4 is 5.32 Å². The van der Waals surface area contributed by atoms with Gasteiger partial charge in [0.1, 0.15) is 0 Å². The summed E-state index contributed by atoms with van der Waals surface area (Å²) in [4.78, 5) is 18.1. The molecule has 2 aliphatic rings. The Morgan fingerprint density at radius 2 is 1.37 bits per heavy atom. The molecule has 3 aromatic rings. The number of hydrogen-bond donors (Lipinski definition) is 1. The summed E-state index contributed by atoms with van der Waals surface area (Å²) in [5, 5.41) is 3.08. The molecule has 2 saturated heterocycles. The zero-order valence-corrected chi connectivity index (χ0v) is 25.1. The Labute approximate surface area is 245 Å². The van der Waals surface area contributed by atoms with Crippen molar-refractivity contribution in [3.63, 3.8) is 0 Å². The van der Waals surface area contributed by atoms with E-state index in [0.717, 1.165) is 42.2 Å². The molecule has 0 spiro atoms. The number of carbonyl (C=O) groups is 1. The van der Waals surface area contributed by atoms with Gasteiger partial charge in [-0.2, -0.15) is 4.31 Å². The van der Waals surface area contributed by atoms with E-state index in [-0.39, 0.29) is 5.91 Å². The van der Waals surface area contributed by atoms with Gasteiger partial charge in [-0.25, -0.2) is 8.42 Å². The maximum absolute atomic E-state index is 13.0. The normalized spacial score (nSPS) is 17.9. The Morgan fingerprint density at radius 3 is 2.05 bits per heavy atom. The molecule has 2 fully saturated rings. The number of aryl methyl sites for hydroxylation is 1. The number of carbonyl (C=O) groups excluding carboxylic acids is 1. The lowest BCUT2D eigenvalue weighted by Gasteiger charge is -2.34. The minimum absolute atomic E-state index is 0.0868. The molecule has 0 aliphatic carbocycles. The predicted octanol–water partition coefficient (Wildman–Crippen LogP) is 4.66. The van der Waals surface area contributed by atoms with Gasteiger partial charge >= 0.3 is 0 Å². The molecule has 0 atom stereocenters. The first-order chi connectivity index (χ1) is 19.8. The predicted molar refractivity (Wildman–Crippen MR) is 163 cm³/mol. The Bertz CT molecular complexity index is 1420. The summed E-state index contributed by atoms with van der Waals surface area (Å²) in [5.74, 6) is 0.737. The highest BCUT2D eigenvalue weighted by Crippen LogP contribution is 2.20. The van der Waals surface area contributed by atoms with E-state index in [9.17, 15) is 13.2 Å². The van der Waals surface area contributed by atoms with E-state index in [4.69, 9.17) is 0 Å². The zero-order chi connectivity index (χ0) is 28.8. The summed E-state index contributed by atoms with van der Waals surface area (Å²) in [6.45, 7) is 10.9. The number of nitrogens with zero attached hydrogens (tertiary/aromatic N) is 3. The van der Waals surface area contributed by atoms with Crippen molar-refractivity contribution < 1.29 is 13.2 Å². The van der Waals surface area contributed by atoms with Crippen molar-refractivity contribution in [1.29, 1.82) is 0 Å². The maximum Gasteiger partial charge on any atom is 0.251 e. The van der Waals surface area contributed by atoms with Crippen molar-refractivity contribution in [2.45, 2.75) is 51.2 Å². The van der Waals surface area contributed by atoms with Crippen LogP contribution in [0.2, 0.25) is 0 Å². The quantitative estimate of drug-likeness (QED) is 0.403. The topological polar surface area (TPSA) is 73.0 Å². The van der Waals surface area contributed by atoms with Crippen molar-refractivity contribution in [3.05, 3.63) is 101 Å². The van der Waals surface area contributed by atoms with Gasteiger partial charge in [-0.05, 0) is 79.7 Å². The molecule has 0 unspecified atom stereocenters. The fourth-order valence-corrected chi connectivity index (χ4v) is 7.08. The molecule has 2 heterocycles. The third-order valence-corrected chi connectivity index (χ3v) is 10.2. The van der Waals surface area contributed by atoms with Crippen LogP contribution in [0.15, 0.2) is 77.7 Å². The van der Waals surface area contributed by atoms with E-state index < -0.39 is 10.0 Å². The first kappa shape index (κ1) is 29.5. The average molecular weight is 575 g/mol. The number of rotatable bonds is 9. The van der Waals surface area contributed by atoms with E-state index in [2.05, 4.69) is 46.3 Å². The molecule has 0 aromatic heterocycles. The van der Waals surface area contributed by atoms with Crippen LogP contribution in [0, 0.1) is 12.8 Å². The van der Waals surface area contributed by atoms with Crippen LogP contribution in [0.25, 0.3) is 0 Å². The van der Waals surface area contributed by atoms with E-state index in [1.54, 1.807) is 16.4 Å². The van der Waals surface area contributed by atoms with Gasteiger partial charge < -0.3 is 5.32 Å². The second-order valence-corrected chi connectivity index (χ2v) is 13.6. The summed E-state index contributed by atoms with van der Waals surface area (Å²) in [6.07, 6.45) is 2.53. The summed E-state index contributed by atoms with van der Waals surface area (Å²) in [7, 11) is -3.48. The van der Waals surface area contributed by atoms with Crippen LogP contribution in [-0.2, 0) is 29.7 Å². The number of amides is 1. The highest BCUT2D eigenvalue weighted by Gasteiger charge is 2.28. The number of benzene rings is 3. The van der Waals surface area contributed by atoms with Gasteiger partial charge in [0.2, 0.25) is 10.0 Å². The van der Waals surface area contributed by atoms with E-state index >= 15 is 0 Å². The number of piperidine rings is 1. The lowest BCUT2D eigenvalue weighted by molar-refractivity contribution is 0.0950. The van der Waals surface area contributed by atoms with Gasteiger partial charge in [-0.15, -0.1) is 0 Å². The summed E-state index contributed by atoms with van der Waals surface area (Å²) >= 11 is 0. The summed E-state index contributed by atoms with van der Waals surface area (Å²) in [6, 6.07) is 23.3. The third-order valence-electron chi connectivity index (χ3n) is 8.31. The molecule has 0 saturated carbocycles. The zero-order valence-electron chi connectivity index (χ0n) is 24.3. The molecule has 0 radical (unpaired) electrons. The van der Waals surface area contributed by atoms with Gasteiger partial charge in [0.25, 0.3) is 5.91 Å². The largest absolute Gasteiger partial charge is 0.348 e. The van der Waals surface area contributed by atoms with Crippen molar-refractivity contribution in [2.24, 2.45) is 5.92 Å². The first-order valence-corrected chi connectivity index (χ1v) is 16.2. The van der Waals surface area contributed by atoms with E-state index in [1.165, 1.54) is 18.4 Å². The summed E-state index contributed by atoms with van der Waals surface area (Å²) in [5.41, 5.74) is 5.12. The van der Waals surface area contributed by atoms with Crippen molar-refractivity contribution in [1.82, 2.24) is 19.4 Å². The Morgan fingerprint density at radius 1 is 0.780 bits per heavy atom. The van der Waals surface area contributed by atoms with Crippen LogP contribution in [0.4, 0.5) is 0 Å². The first-order valence-electron chi connectivity index (χ1n) is 14.7. The molecule has 2 aliphatic heterocycles. The van der Waals surface area contributed by atoms with Crippen molar-refractivity contribution in [3.8, 4) is 0 Å². The molecule has 5 rings (SSSR count). The van der Waals surface area contributed by atoms with Crippen LogP contribution in [-0.4, -0.2) is 67.7 Å². The van der Waals surface area contributed by atoms with Gasteiger partial charge in [-0.3, -0.25) is 14.6 Å². The van der Waals surface area contributed by atoms with Crippen molar-refractivity contribution >= 4 is 15.9 Å². The lowest BCUT2D eigenvalue weighted by atomic mass is 9.98. The van der Waals surface area contributed by atoms with Gasteiger partial charge in [0, 0.05) is 51.4 Å². The number of hydrogen-bond acceptors (Lipinski definition) is 5. The molecule has 1 N–H and O–H groups in total. The summed E-state index contributed by atoms with van der Waals surface area (Å²) < 4.78 is 27.6. The molecule has 41 heavy (non-hydrogen) atoms. The van der Waals surface area contributed by atoms with Crippen LogP contribution in [0.1, 0.15) is 52.4 Å². The second-order valence-electron chi connectivity index (χ2n) is 11.7. The highest BCUT2D eigenvalue weighted by molar-refractivity contribution is 7.89. The number of likely N-dealkylation sites (tertiary alicyclic amines) is 1. The van der Waals surface area contributed by atoms with Gasteiger partial charge in [-0.1, -0.05) is 61.0 Å². The molecule has 7 nitrogen and oxygen atoms in total. The Hall–Kier alpha value is -3.04. The fourth-order valence-electron chi connectivity index (χ4n) is 5.66. The smallest absolute Gasteiger partial charge is 0.251 e. The third kappa shape index (κ3) is 7.83. The number of sulfonamides is 1. The van der Waals surface area contributed by atoms with Crippen LogP contribution in [0.5, 0.6) is 0 Å². The number of nitrogens with one attached hydrogen (secondary N) is 1. The SMILES string of the molecule is Cc1ccc(S(=O)(=O)N2CCN(Cc3cccc(C(=O)NCc4cccc(CN5CCC(C)CC5)c4)c3)CC2)cc1. The second kappa shape index (κ2) is 13.3. The maximum atomic E-state index is 13.0. The van der Waals surface area contributed by atoms with Crippen LogP contribution >= 0.6 is 0 Å². The van der Waals surface area contributed by atoms with E-state index in [1.807, 2.05) is 43.3 Å². The van der Waals surface area contributed by atoms with Crippen LogP contribution in [0.3, 0.4) is 0 Å². The highest BCUT2D eigenvalue weighted by atomic mass is 32.2. The monoisotopic (exact) mass is 574 g/mol. The fraction of sp³-hybridized carbons (Fsp3) is 0.424. The Balaban J connectivity index is 1.11. The minimum Gasteiger partial charge on any atom is -0.348 e. The molecule has 1 amide bonds. The molecular formula is C33H42N4O3S. The molecule has 0 bridgehead atoms. The number of piperazine rings is 1. The lowest BCUT2D eigenvalue weighted by Crippen LogP contribution is -2.48.